The third-order valence-electron chi connectivity index (χ3n) is 4.24. The number of aliphatic hydroxyl groups excluding tert-OH is 1. The lowest BCUT2D eigenvalue weighted by Crippen LogP contribution is -2.25. The van der Waals surface area contributed by atoms with Crippen LogP contribution in [-0.4, -0.2) is 11.0 Å². The number of aliphatic hydroxyl groups is 1. The van der Waals surface area contributed by atoms with E-state index in [9.17, 15) is 14.3 Å². The van der Waals surface area contributed by atoms with Crippen molar-refractivity contribution in [1.29, 1.82) is 0 Å². The number of halogens is 2. The molecule has 0 heterocycles. The molecule has 1 amide bonds. The molecule has 2 atom stereocenters. The number of carbonyl (C=O) groups is 1. The first kappa shape index (κ1) is 16.0. The first-order valence-corrected chi connectivity index (χ1v) is 7.89. The zero-order chi connectivity index (χ0) is 16.4. The molecule has 1 saturated carbocycles. The Morgan fingerprint density at radius 3 is 2.65 bits per heavy atom. The zero-order valence-corrected chi connectivity index (χ0v) is 13.2. The van der Waals surface area contributed by atoms with Gasteiger partial charge in [-0.3, -0.25) is 4.79 Å². The van der Waals surface area contributed by atoms with E-state index in [-0.39, 0.29) is 30.2 Å². The lowest BCUT2D eigenvalue weighted by Gasteiger charge is -2.09. The third-order valence-corrected chi connectivity index (χ3v) is 4.57. The number of nitrogens with one attached hydrogen (secondary N) is 1. The number of rotatable bonds is 5. The van der Waals surface area contributed by atoms with E-state index in [0.29, 0.717) is 23.6 Å². The van der Waals surface area contributed by atoms with Crippen molar-refractivity contribution in [2.24, 2.45) is 5.92 Å². The molecule has 2 N–H and O–H groups in total. The predicted octanol–water partition coefficient (Wildman–Crippen LogP) is 3.39. The Morgan fingerprint density at radius 2 is 1.96 bits per heavy atom. The van der Waals surface area contributed by atoms with Crippen LogP contribution >= 0.6 is 11.6 Å². The molecule has 0 bridgehead atoms. The van der Waals surface area contributed by atoms with Crippen LogP contribution in [0.5, 0.6) is 0 Å². The van der Waals surface area contributed by atoms with Crippen LogP contribution in [0.4, 0.5) is 4.39 Å². The van der Waals surface area contributed by atoms with Gasteiger partial charge < -0.3 is 10.4 Å². The number of hydrogen-bond donors (Lipinski definition) is 2. The summed E-state index contributed by atoms with van der Waals surface area (Å²) in [6, 6.07) is 12.0. The van der Waals surface area contributed by atoms with Crippen molar-refractivity contribution in [1.82, 2.24) is 5.32 Å². The minimum atomic E-state index is -0.358. The molecule has 2 aromatic rings. The quantitative estimate of drug-likeness (QED) is 0.881. The molecule has 5 heteroatoms. The molecule has 0 radical (unpaired) electrons. The first-order chi connectivity index (χ1) is 11.1. The molecule has 1 fully saturated rings. The van der Waals surface area contributed by atoms with E-state index < -0.39 is 0 Å². The van der Waals surface area contributed by atoms with Gasteiger partial charge in [0.25, 0.3) is 0 Å². The molecule has 0 aliphatic heterocycles. The van der Waals surface area contributed by atoms with Crippen LogP contribution in [0.25, 0.3) is 0 Å². The minimum absolute atomic E-state index is 0.0665. The summed E-state index contributed by atoms with van der Waals surface area (Å²) in [7, 11) is 0. The molecule has 0 aromatic heterocycles. The summed E-state index contributed by atoms with van der Waals surface area (Å²) >= 11 is 6.05. The van der Waals surface area contributed by atoms with Gasteiger partial charge in [-0.05, 0) is 29.7 Å². The summed E-state index contributed by atoms with van der Waals surface area (Å²) in [5, 5.41) is 12.5. The molecular weight excluding hydrogens is 317 g/mol. The van der Waals surface area contributed by atoms with Crippen molar-refractivity contribution >= 4 is 17.5 Å². The van der Waals surface area contributed by atoms with Crippen molar-refractivity contribution < 1.29 is 14.3 Å². The highest BCUT2D eigenvalue weighted by Crippen LogP contribution is 2.50. The van der Waals surface area contributed by atoms with Gasteiger partial charge in [-0.15, -0.1) is 0 Å². The summed E-state index contributed by atoms with van der Waals surface area (Å²) < 4.78 is 13.9. The number of hydrogen-bond acceptors (Lipinski definition) is 2. The average Bonchev–Trinajstić information content (AvgIpc) is 3.33. The Bertz CT molecular complexity index is 714. The van der Waals surface area contributed by atoms with Crippen LogP contribution < -0.4 is 5.32 Å². The average molecular weight is 334 g/mol. The van der Waals surface area contributed by atoms with Gasteiger partial charge >= 0.3 is 0 Å². The van der Waals surface area contributed by atoms with Crippen molar-refractivity contribution in [3.63, 3.8) is 0 Å². The third kappa shape index (κ3) is 3.38. The summed E-state index contributed by atoms with van der Waals surface area (Å²) in [4.78, 5) is 12.2. The SMILES string of the molecule is O=C(NCc1ccccc1CO)C1CC1c1c(F)cccc1Cl. The summed E-state index contributed by atoms with van der Waals surface area (Å²) in [6.07, 6.45) is 0.605. The van der Waals surface area contributed by atoms with Gasteiger partial charge in [0.2, 0.25) is 5.91 Å². The molecule has 0 saturated heterocycles. The molecule has 1 aliphatic carbocycles. The summed E-state index contributed by atoms with van der Waals surface area (Å²) in [5.74, 6) is -0.868. The van der Waals surface area contributed by atoms with E-state index in [1.807, 2.05) is 24.3 Å². The molecule has 3 nitrogen and oxygen atoms in total. The van der Waals surface area contributed by atoms with Gasteiger partial charge in [-0.25, -0.2) is 4.39 Å². The standard InChI is InChI=1S/C18H17ClFNO2/c19-15-6-3-7-16(20)17(15)13-8-14(13)18(23)21-9-11-4-1-2-5-12(11)10-22/h1-7,13-14,22H,8-10H2,(H,21,23). The smallest absolute Gasteiger partial charge is 0.224 e. The maximum atomic E-state index is 13.9. The van der Waals surface area contributed by atoms with Crippen molar-refractivity contribution in [3.05, 3.63) is 70.0 Å². The minimum Gasteiger partial charge on any atom is -0.392 e. The number of benzene rings is 2. The largest absolute Gasteiger partial charge is 0.392 e. The fourth-order valence-corrected chi connectivity index (χ4v) is 3.17. The number of carbonyl (C=O) groups excluding carboxylic acids is 1. The molecule has 2 unspecified atom stereocenters. The fraction of sp³-hybridized carbons (Fsp3) is 0.278. The van der Waals surface area contributed by atoms with Gasteiger partial charge in [0, 0.05) is 29.0 Å². The van der Waals surface area contributed by atoms with Gasteiger partial charge in [0.1, 0.15) is 5.82 Å². The molecule has 3 rings (SSSR count). The molecule has 1 aliphatic rings. The molecule has 23 heavy (non-hydrogen) atoms. The van der Waals surface area contributed by atoms with E-state index in [4.69, 9.17) is 11.6 Å². The topological polar surface area (TPSA) is 49.3 Å². The van der Waals surface area contributed by atoms with Gasteiger partial charge in [-0.1, -0.05) is 41.9 Å². The van der Waals surface area contributed by atoms with Crippen LogP contribution in [0, 0.1) is 11.7 Å². The Balaban J connectivity index is 1.63. The van der Waals surface area contributed by atoms with E-state index >= 15 is 0 Å². The Morgan fingerprint density at radius 1 is 1.22 bits per heavy atom. The second kappa shape index (κ2) is 6.69. The Kier molecular flexibility index (Phi) is 4.64. The zero-order valence-electron chi connectivity index (χ0n) is 12.4. The molecular formula is C18H17ClFNO2. The maximum Gasteiger partial charge on any atom is 0.224 e. The molecule has 0 spiro atoms. The molecule has 120 valence electrons. The van der Waals surface area contributed by atoms with E-state index in [1.54, 1.807) is 12.1 Å². The Labute approximate surface area is 139 Å². The first-order valence-electron chi connectivity index (χ1n) is 7.51. The van der Waals surface area contributed by atoms with Crippen LogP contribution in [0.15, 0.2) is 42.5 Å². The highest BCUT2D eigenvalue weighted by Gasteiger charge is 2.46. The van der Waals surface area contributed by atoms with Crippen LogP contribution in [0.3, 0.4) is 0 Å². The van der Waals surface area contributed by atoms with Gasteiger partial charge in [-0.2, -0.15) is 0 Å². The van der Waals surface area contributed by atoms with Gasteiger partial charge in [0.15, 0.2) is 0 Å². The van der Waals surface area contributed by atoms with Crippen molar-refractivity contribution in [2.75, 3.05) is 0 Å². The number of amides is 1. The van der Waals surface area contributed by atoms with E-state index in [0.717, 1.165) is 11.1 Å². The normalized spacial score (nSPS) is 19.4. The summed E-state index contributed by atoms with van der Waals surface area (Å²) in [5.41, 5.74) is 2.10. The second-order valence-corrected chi connectivity index (χ2v) is 6.14. The Hall–Kier alpha value is -1.91. The highest BCUT2D eigenvalue weighted by molar-refractivity contribution is 6.31. The van der Waals surface area contributed by atoms with Crippen molar-refractivity contribution in [3.8, 4) is 0 Å². The van der Waals surface area contributed by atoms with Crippen LogP contribution in [-0.2, 0) is 17.9 Å². The van der Waals surface area contributed by atoms with Crippen LogP contribution in [0.1, 0.15) is 29.0 Å². The van der Waals surface area contributed by atoms with Crippen LogP contribution in [0.2, 0.25) is 5.02 Å². The maximum absolute atomic E-state index is 13.9. The molecule has 2 aromatic carbocycles. The predicted molar refractivity (Wildman–Crippen MR) is 86.5 cm³/mol. The van der Waals surface area contributed by atoms with E-state index in [2.05, 4.69) is 5.32 Å². The van der Waals surface area contributed by atoms with Gasteiger partial charge in [0.05, 0.1) is 6.61 Å². The monoisotopic (exact) mass is 333 g/mol. The highest BCUT2D eigenvalue weighted by atomic mass is 35.5. The van der Waals surface area contributed by atoms with Crippen molar-refractivity contribution in [2.45, 2.75) is 25.5 Å². The second-order valence-electron chi connectivity index (χ2n) is 5.73. The fourth-order valence-electron chi connectivity index (χ4n) is 2.87. The van der Waals surface area contributed by atoms with E-state index in [1.165, 1.54) is 6.07 Å². The lowest BCUT2D eigenvalue weighted by atomic mass is 10.1. The lowest BCUT2D eigenvalue weighted by molar-refractivity contribution is -0.122. The summed E-state index contributed by atoms with van der Waals surface area (Å²) in [6.45, 7) is 0.284.